The van der Waals surface area contributed by atoms with Crippen LogP contribution < -0.4 is 14.8 Å². The van der Waals surface area contributed by atoms with Gasteiger partial charge in [0, 0.05) is 19.0 Å². The second-order valence-electron chi connectivity index (χ2n) is 6.33. The minimum atomic E-state index is 0.357. The van der Waals surface area contributed by atoms with Gasteiger partial charge in [0.1, 0.15) is 0 Å². The summed E-state index contributed by atoms with van der Waals surface area (Å²) in [5.41, 5.74) is 1.28. The van der Waals surface area contributed by atoms with Crippen molar-refractivity contribution in [3.63, 3.8) is 0 Å². The highest BCUT2D eigenvalue weighted by Crippen LogP contribution is 2.38. The Labute approximate surface area is 136 Å². The molecular formula is C17H22N2O2S. The molecule has 4 nitrogen and oxygen atoms in total. The van der Waals surface area contributed by atoms with E-state index in [4.69, 9.17) is 21.7 Å². The maximum Gasteiger partial charge on any atom is 0.169 e. The quantitative estimate of drug-likeness (QED) is 0.848. The number of hydrogen-bond acceptors (Lipinski definition) is 3. The molecule has 5 heteroatoms. The summed E-state index contributed by atoms with van der Waals surface area (Å²) in [5, 5.41) is 4.38. The molecule has 118 valence electrons. The predicted octanol–water partition coefficient (Wildman–Crippen LogP) is 3.02. The second-order valence-corrected chi connectivity index (χ2v) is 6.72. The summed E-state index contributed by atoms with van der Waals surface area (Å²) in [6.07, 6.45) is 5.78. The van der Waals surface area contributed by atoms with Crippen LogP contribution in [0.5, 0.6) is 11.5 Å². The van der Waals surface area contributed by atoms with Crippen LogP contribution in [0.1, 0.15) is 43.7 Å². The van der Waals surface area contributed by atoms with Gasteiger partial charge in [-0.15, -0.1) is 0 Å². The zero-order valence-electron chi connectivity index (χ0n) is 12.7. The van der Waals surface area contributed by atoms with Crippen molar-refractivity contribution in [2.75, 3.05) is 19.8 Å². The molecule has 1 atom stereocenters. The van der Waals surface area contributed by atoms with Crippen LogP contribution in [0.4, 0.5) is 0 Å². The van der Waals surface area contributed by atoms with Gasteiger partial charge in [-0.2, -0.15) is 0 Å². The topological polar surface area (TPSA) is 33.7 Å². The van der Waals surface area contributed by atoms with Gasteiger partial charge in [-0.1, -0.05) is 6.07 Å². The Hall–Kier alpha value is -1.49. The van der Waals surface area contributed by atoms with Crippen molar-refractivity contribution < 1.29 is 9.47 Å². The lowest BCUT2D eigenvalue weighted by Gasteiger charge is -2.28. The first kappa shape index (κ1) is 14.1. The Bertz CT molecular complexity index is 574. The smallest absolute Gasteiger partial charge is 0.169 e. The van der Waals surface area contributed by atoms with Gasteiger partial charge in [-0.3, -0.25) is 0 Å². The van der Waals surface area contributed by atoms with E-state index in [-0.39, 0.29) is 0 Å². The van der Waals surface area contributed by atoms with E-state index in [9.17, 15) is 0 Å². The number of nitrogens with zero attached hydrogens (tertiary/aromatic N) is 1. The van der Waals surface area contributed by atoms with Crippen LogP contribution in [-0.2, 0) is 0 Å². The molecule has 1 aliphatic carbocycles. The van der Waals surface area contributed by atoms with Gasteiger partial charge in [-0.05, 0) is 55.6 Å². The number of ether oxygens (including phenoxy) is 2. The average molecular weight is 318 g/mol. The average Bonchev–Trinajstić information content (AvgIpc) is 3.25. The molecule has 0 unspecified atom stereocenters. The van der Waals surface area contributed by atoms with Crippen molar-refractivity contribution in [3.05, 3.63) is 23.8 Å². The largest absolute Gasteiger partial charge is 0.490 e. The van der Waals surface area contributed by atoms with Crippen molar-refractivity contribution in [2.24, 2.45) is 0 Å². The number of fused-ring (bicyclic) bond motifs is 1. The summed E-state index contributed by atoms with van der Waals surface area (Å²) in [6, 6.07) is 7.32. The molecule has 1 saturated carbocycles. The normalized spacial score (nSPS) is 24.0. The minimum absolute atomic E-state index is 0.357. The predicted molar refractivity (Wildman–Crippen MR) is 89.5 cm³/mol. The van der Waals surface area contributed by atoms with Crippen LogP contribution in [0.2, 0.25) is 0 Å². The Morgan fingerprint density at radius 1 is 1.09 bits per heavy atom. The van der Waals surface area contributed by atoms with Crippen molar-refractivity contribution in [1.29, 1.82) is 0 Å². The zero-order chi connectivity index (χ0) is 14.9. The summed E-state index contributed by atoms with van der Waals surface area (Å²) in [7, 11) is 0. The van der Waals surface area contributed by atoms with Gasteiger partial charge in [0.05, 0.1) is 19.3 Å². The van der Waals surface area contributed by atoms with Crippen molar-refractivity contribution in [3.8, 4) is 11.5 Å². The molecular weight excluding hydrogens is 296 g/mol. The van der Waals surface area contributed by atoms with Gasteiger partial charge in [0.25, 0.3) is 0 Å². The SMILES string of the molecule is S=C(NC1CC1)N1CCC[C@H]1c1ccc2c(c1)OCCCO2. The van der Waals surface area contributed by atoms with E-state index < -0.39 is 0 Å². The standard InChI is InChI=1S/C17H22N2O2S/c22-17(18-13-5-6-13)19-8-1-3-14(19)12-4-7-15-16(11-12)21-10-2-9-20-15/h4,7,11,13-14H,1-3,5-6,8-10H2,(H,18,22)/t14-/m0/s1. The summed E-state index contributed by atoms with van der Waals surface area (Å²) in [6.45, 7) is 2.50. The highest BCUT2D eigenvalue weighted by molar-refractivity contribution is 7.80. The van der Waals surface area contributed by atoms with E-state index in [2.05, 4.69) is 22.3 Å². The van der Waals surface area contributed by atoms with Gasteiger partial charge in [0.15, 0.2) is 16.6 Å². The number of rotatable bonds is 2. The molecule has 0 spiro atoms. The third kappa shape index (κ3) is 2.86. The molecule has 1 aromatic carbocycles. The summed E-state index contributed by atoms with van der Waals surface area (Å²) in [4.78, 5) is 2.34. The molecule has 2 aliphatic heterocycles. The second kappa shape index (κ2) is 5.95. The van der Waals surface area contributed by atoms with Crippen LogP contribution in [0.15, 0.2) is 18.2 Å². The molecule has 22 heavy (non-hydrogen) atoms. The Kier molecular flexibility index (Phi) is 3.82. The van der Waals surface area contributed by atoms with Crippen LogP contribution in [0, 0.1) is 0 Å². The van der Waals surface area contributed by atoms with E-state index in [0.717, 1.165) is 49.2 Å². The summed E-state index contributed by atoms with van der Waals surface area (Å²) < 4.78 is 11.6. The molecule has 0 bridgehead atoms. The van der Waals surface area contributed by atoms with Gasteiger partial charge < -0.3 is 19.7 Å². The van der Waals surface area contributed by atoms with E-state index in [1.807, 2.05) is 6.07 Å². The number of nitrogens with one attached hydrogen (secondary N) is 1. The fourth-order valence-electron chi connectivity index (χ4n) is 3.23. The monoisotopic (exact) mass is 318 g/mol. The molecule has 2 fully saturated rings. The van der Waals surface area contributed by atoms with Gasteiger partial charge in [0.2, 0.25) is 0 Å². The number of benzene rings is 1. The maximum absolute atomic E-state index is 5.83. The fourth-order valence-corrected chi connectivity index (χ4v) is 3.61. The molecule has 4 rings (SSSR count). The molecule has 0 radical (unpaired) electrons. The first-order valence-electron chi connectivity index (χ1n) is 8.28. The van der Waals surface area contributed by atoms with Gasteiger partial charge >= 0.3 is 0 Å². The third-order valence-electron chi connectivity index (χ3n) is 4.57. The molecule has 1 aromatic rings. The fraction of sp³-hybridized carbons (Fsp3) is 0.588. The number of hydrogen-bond donors (Lipinski definition) is 1. The number of thiocarbonyl (C=S) groups is 1. The molecule has 3 aliphatic rings. The van der Waals surface area contributed by atoms with Crippen LogP contribution in [-0.4, -0.2) is 35.8 Å². The molecule has 0 amide bonds. The summed E-state index contributed by atoms with van der Waals surface area (Å²) >= 11 is 5.61. The van der Waals surface area contributed by atoms with Crippen molar-refractivity contribution >= 4 is 17.3 Å². The third-order valence-corrected chi connectivity index (χ3v) is 4.93. The maximum atomic E-state index is 5.83. The van der Waals surface area contributed by atoms with E-state index in [0.29, 0.717) is 12.1 Å². The Balaban J connectivity index is 1.54. The highest BCUT2D eigenvalue weighted by Gasteiger charge is 2.31. The van der Waals surface area contributed by atoms with Crippen LogP contribution >= 0.6 is 12.2 Å². The lowest BCUT2D eigenvalue weighted by molar-refractivity contribution is 0.296. The molecule has 2 heterocycles. The van der Waals surface area contributed by atoms with Crippen LogP contribution in [0.3, 0.4) is 0 Å². The van der Waals surface area contributed by atoms with E-state index in [1.54, 1.807) is 0 Å². The number of likely N-dealkylation sites (tertiary alicyclic amines) is 1. The Morgan fingerprint density at radius 3 is 2.73 bits per heavy atom. The first-order chi connectivity index (χ1) is 10.8. The van der Waals surface area contributed by atoms with Crippen molar-refractivity contribution in [2.45, 2.75) is 44.2 Å². The summed E-state index contributed by atoms with van der Waals surface area (Å²) in [5.74, 6) is 1.74. The molecule has 1 saturated heterocycles. The minimum Gasteiger partial charge on any atom is -0.490 e. The molecule has 0 aromatic heterocycles. The van der Waals surface area contributed by atoms with E-state index in [1.165, 1.54) is 24.8 Å². The molecule has 1 N–H and O–H groups in total. The Morgan fingerprint density at radius 2 is 1.91 bits per heavy atom. The first-order valence-corrected chi connectivity index (χ1v) is 8.69. The van der Waals surface area contributed by atoms with Crippen molar-refractivity contribution in [1.82, 2.24) is 10.2 Å². The van der Waals surface area contributed by atoms with Crippen LogP contribution in [0.25, 0.3) is 0 Å². The van der Waals surface area contributed by atoms with E-state index >= 15 is 0 Å². The lowest BCUT2D eigenvalue weighted by Crippen LogP contribution is -2.40. The lowest BCUT2D eigenvalue weighted by atomic mass is 10.0. The zero-order valence-corrected chi connectivity index (χ0v) is 13.5. The highest BCUT2D eigenvalue weighted by atomic mass is 32.1. The van der Waals surface area contributed by atoms with Gasteiger partial charge in [-0.25, -0.2) is 0 Å².